The highest BCUT2D eigenvalue weighted by atomic mass is 16.6. The van der Waals surface area contributed by atoms with Gasteiger partial charge in [0.15, 0.2) is 0 Å². The maximum Gasteiger partial charge on any atom is 0.393 e. The van der Waals surface area contributed by atoms with Gasteiger partial charge in [0.05, 0.1) is 12.3 Å². The molecule has 0 fully saturated rings. The van der Waals surface area contributed by atoms with E-state index in [9.17, 15) is 0 Å². The smallest absolute Gasteiger partial charge is 0.393 e. The average Bonchev–Trinajstić information content (AvgIpc) is 2.69. The number of rotatable bonds is 8. The summed E-state index contributed by atoms with van der Waals surface area (Å²) in [7, 11) is 4.08. The topological polar surface area (TPSA) is 50.5 Å². The lowest BCUT2D eigenvalue weighted by atomic mass is 10.4. The van der Waals surface area contributed by atoms with Gasteiger partial charge in [0.2, 0.25) is 0 Å². The van der Waals surface area contributed by atoms with Crippen LogP contribution in [0.1, 0.15) is 26.0 Å². The summed E-state index contributed by atoms with van der Waals surface area (Å²) < 4.78 is 10.6. The summed E-state index contributed by atoms with van der Waals surface area (Å²) in [6, 6.07) is 0.441. The van der Waals surface area contributed by atoms with Gasteiger partial charge in [0.25, 0.3) is 0 Å². The van der Waals surface area contributed by atoms with Crippen LogP contribution in [-0.4, -0.2) is 43.2 Å². The fourth-order valence-electron chi connectivity index (χ4n) is 1.28. The molecule has 0 aromatic carbocycles. The Balaban J connectivity index is 2.21. The normalized spacial score (nSPS) is 11.4. The molecule has 0 unspecified atom stereocenters. The number of nitrogens with one attached hydrogen (secondary N) is 1. The third kappa shape index (κ3) is 6.28. The first-order chi connectivity index (χ1) is 8.08. The van der Waals surface area contributed by atoms with Crippen molar-refractivity contribution in [2.75, 3.05) is 27.2 Å². The molecular weight excluding hydrogens is 218 g/mol. The highest BCUT2D eigenvalue weighted by molar-refractivity contribution is 4.99. The van der Waals surface area contributed by atoms with Crippen molar-refractivity contribution in [2.24, 2.45) is 0 Å². The lowest BCUT2D eigenvalue weighted by Crippen LogP contribution is -2.21. The van der Waals surface area contributed by atoms with Crippen LogP contribution in [0.5, 0.6) is 6.08 Å². The zero-order valence-corrected chi connectivity index (χ0v) is 11.2. The van der Waals surface area contributed by atoms with Crippen LogP contribution in [0, 0.1) is 0 Å². The molecule has 0 radical (unpaired) electrons. The first-order valence-corrected chi connectivity index (χ1v) is 6.03. The van der Waals surface area contributed by atoms with E-state index >= 15 is 0 Å². The lowest BCUT2D eigenvalue weighted by Gasteiger charge is -2.08. The minimum Gasteiger partial charge on any atom is -0.450 e. The predicted molar refractivity (Wildman–Crippen MR) is 67.1 cm³/mol. The van der Waals surface area contributed by atoms with Crippen LogP contribution in [0.4, 0.5) is 0 Å². The second kappa shape index (κ2) is 7.29. The van der Waals surface area contributed by atoms with Crippen molar-refractivity contribution < 1.29 is 9.15 Å². The van der Waals surface area contributed by atoms with E-state index in [0.29, 0.717) is 25.3 Å². The van der Waals surface area contributed by atoms with Gasteiger partial charge in [-0.2, -0.15) is 4.98 Å². The molecule has 1 heterocycles. The Hall–Kier alpha value is -1.07. The molecule has 0 bridgehead atoms. The van der Waals surface area contributed by atoms with E-state index in [1.807, 2.05) is 14.1 Å². The second-order valence-electron chi connectivity index (χ2n) is 4.65. The van der Waals surface area contributed by atoms with Crippen molar-refractivity contribution in [3.8, 4) is 6.08 Å². The molecule has 5 heteroatoms. The van der Waals surface area contributed by atoms with E-state index in [4.69, 9.17) is 9.15 Å². The van der Waals surface area contributed by atoms with Crippen LogP contribution >= 0.6 is 0 Å². The molecule has 1 aromatic heterocycles. The maximum absolute atomic E-state index is 5.41. The summed E-state index contributed by atoms with van der Waals surface area (Å²) in [6.07, 6.45) is 2.97. The number of nitrogens with zero attached hydrogens (tertiary/aromatic N) is 2. The molecule has 0 aliphatic carbocycles. The third-order valence-electron chi connectivity index (χ3n) is 2.20. The van der Waals surface area contributed by atoms with Gasteiger partial charge in [-0.05, 0) is 20.5 Å². The van der Waals surface area contributed by atoms with Crippen molar-refractivity contribution >= 4 is 0 Å². The van der Waals surface area contributed by atoms with Crippen LogP contribution in [-0.2, 0) is 6.54 Å². The molecule has 0 saturated heterocycles. The van der Waals surface area contributed by atoms with Crippen LogP contribution in [0.3, 0.4) is 0 Å². The molecule has 0 aliphatic heterocycles. The minimum atomic E-state index is 0.365. The van der Waals surface area contributed by atoms with Gasteiger partial charge >= 0.3 is 6.08 Å². The highest BCUT2D eigenvalue weighted by Gasteiger charge is 2.05. The van der Waals surface area contributed by atoms with E-state index in [0.717, 1.165) is 18.7 Å². The summed E-state index contributed by atoms with van der Waals surface area (Å²) in [5, 5.41) is 3.27. The van der Waals surface area contributed by atoms with Gasteiger partial charge < -0.3 is 19.4 Å². The van der Waals surface area contributed by atoms with E-state index in [1.54, 1.807) is 6.26 Å². The number of hydrogen-bond donors (Lipinski definition) is 1. The Labute approximate surface area is 103 Å². The molecule has 0 atom stereocenters. The zero-order valence-electron chi connectivity index (χ0n) is 11.2. The average molecular weight is 241 g/mol. The standard InChI is InChI=1S/C12H23N3O2/c1-10(2)13-8-11-9-17-12(14-11)16-7-5-6-15(3)4/h9-10,13H,5-8H2,1-4H3. The molecule has 5 nitrogen and oxygen atoms in total. The number of hydrogen-bond acceptors (Lipinski definition) is 5. The van der Waals surface area contributed by atoms with Gasteiger partial charge in [0.1, 0.15) is 6.26 Å². The van der Waals surface area contributed by atoms with Crippen molar-refractivity contribution in [1.82, 2.24) is 15.2 Å². The Morgan fingerprint density at radius 1 is 1.47 bits per heavy atom. The van der Waals surface area contributed by atoms with Gasteiger partial charge in [0, 0.05) is 19.1 Å². The van der Waals surface area contributed by atoms with E-state index in [2.05, 4.69) is 29.0 Å². The molecule has 0 spiro atoms. The summed E-state index contributed by atoms with van der Waals surface area (Å²) >= 11 is 0. The molecule has 98 valence electrons. The van der Waals surface area contributed by atoms with Gasteiger partial charge in [-0.25, -0.2) is 0 Å². The van der Waals surface area contributed by atoms with Crippen LogP contribution in [0.25, 0.3) is 0 Å². The molecular formula is C12H23N3O2. The molecule has 0 saturated carbocycles. The fourth-order valence-corrected chi connectivity index (χ4v) is 1.28. The summed E-state index contributed by atoms with van der Waals surface area (Å²) in [5.41, 5.74) is 0.876. The zero-order chi connectivity index (χ0) is 12.7. The first kappa shape index (κ1) is 14.0. The molecule has 0 amide bonds. The molecule has 17 heavy (non-hydrogen) atoms. The van der Waals surface area contributed by atoms with Gasteiger partial charge in [-0.15, -0.1) is 0 Å². The van der Waals surface area contributed by atoms with Crippen LogP contribution in [0.2, 0.25) is 0 Å². The van der Waals surface area contributed by atoms with Crippen molar-refractivity contribution in [3.05, 3.63) is 12.0 Å². The fraction of sp³-hybridized carbons (Fsp3) is 0.750. The molecule has 1 N–H and O–H groups in total. The van der Waals surface area contributed by atoms with Gasteiger partial charge in [-0.1, -0.05) is 13.8 Å². The largest absolute Gasteiger partial charge is 0.450 e. The van der Waals surface area contributed by atoms with Crippen molar-refractivity contribution in [2.45, 2.75) is 32.9 Å². The lowest BCUT2D eigenvalue weighted by molar-refractivity contribution is 0.215. The number of oxazole rings is 1. The molecule has 1 rings (SSSR count). The van der Waals surface area contributed by atoms with E-state index in [-0.39, 0.29) is 0 Å². The number of ether oxygens (including phenoxy) is 1. The van der Waals surface area contributed by atoms with Gasteiger partial charge in [-0.3, -0.25) is 0 Å². The van der Waals surface area contributed by atoms with E-state index < -0.39 is 0 Å². The monoisotopic (exact) mass is 241 g/mol. The maximum atomic E-state index is 5.41. The Morgan fingerprint density at radius 3 is 2.88 bits per heavy atom. The summed E-state index contributed by atoms with van der Waals surface area (Å²) in [4.78, 5) is 6.36. The SMILES string of the molecule is CC(C)NCc1coc(OCCCN(C)C)n1. The Kier molecular flexibility index (Phi) is 6.00. The molecule has 1 aromatic rings. The van der Waals surface area contributed by atoms with E-state index in [1.165, 1.54) is 0 Å². The second-order valence-corrected chi connectivity index (χ2v) is 4.65. The van der Waals surface area contributed by atoms with Crippen LogP contribution in [0.15, 0.2) is 10.7 Å². The highest BCUT2D eigenvalue weighted by Crippen LogP contribution is 2.10. The molecule has 0 aliphatic rings. The van der Waals surface area contributed by atoms with Crippen molar-refractivity contribution in [3.63, 3.8) is 0 Å². The first-order valence-electron chi connectivity index (χ1n) is 6.03. The van der Waals surface area contributed by atoms with Crippen molar-refractivity contribution in [1.29, 1.82) is 0 Å². The van der Waals surface area contributed by atoms with Crippen LogP contribution < -0.4 is 10.1 Å². The third-order valence-corrected chi connectivity index (χ3v) is 2.20. The number of aromatic nitrogens is 1. The Bertz CT molecular complexity index is 310. The minimum absolute atomic E-state index is 0.365. The Morgan fingerprint density at radius 2 is 2.24 bits per heavy atom. The summed E-state index contributed by atoms with van der Waals surface area (Å²) in [6.45, 7) is 6.54. The quantitative estimate of drug-likeness (QED) is 0.699. The summed E-state index contributed by atoms with van der Waals surface area (Å²) in [5.74, 6) is 0. The predicted octanol–water partition coefficient (Wildman–Crippen LogP) is 1.50.